The first-order chi connectivity index (χ1) is 14.5. The first-order valence-corrected chi connectivity index (χ1v) is 9.66. The number of ether oxygens (including phenoxy) is 3. The highest BCUT2D eigenvalue weighted by molar-refractivity contribution is 5.96. The van der Waals surface area contributed by atoms with Crippen molar-refractivity contribution >= 4 is 29.5 Å². The number of carbonyl (C=O) groups excluding carboxylic acids is 3. The second kappa shape index (κ2) is 8.06. The molecule has 156 valence electrons. The Morgan fingerprint density at radius 3 is 2.67 bits per heavy atom. The van der Waals surface area contributed by atoms with Crippen molar-refractivity contribution in [1.29, 1.82) is 0 Å². The molecule has 2 atom stereocenters. The van der Waals surface area contributed by atoms with Gasteiger partial charge in [0.15, 0.2) is 0 Å². The minimum Gasteiger partial charge on any atom is -0.466 e. The van der Waals surface area contributed by atoms with Crippen LogP contribution in [0.4, 0.5) is 21.0 Å². The van der Waals surface area contributed by atoms with Crippen LogP contribution in [0.5, 0.6) is 0 Å². The number of fused-ring (bicyclic) bond motifs is 1. The predicted molar refractivity (Wildman–Crippen MR) is 108 cm³/mol. The molecule has 2 aliphatic rings. The molecule has 1 saturated heterocycles. The summed E-state index contributed by atoms with van der Waals surface area (Å²) in [4.78, 5) is 39.6. The van der Waals surface area contributed by atoms with Crippen LogP contribution >= 0.6 is 0 Å². The molecule has 0 aromatic heterocycles. The zero-order valence-corrected chi connectivity index (χ0v) is 16.7. The lowest BCUT2D eigenvalue weighted by atomic mass is 10.1. The highest BCUT2D eigenvalue weighted by Gasteiger charge is 2.39. The van der Waals surface area contributed by atoms with E-state index in [1.165, 1.54) is 12.0 Å². The number of nitrogens with zero attached hydrogens (tertiary/aromatic N) is 2. The van der Waals surface area contributed by atoms with Gasteiger partial charge in [0.25, 0.3) is 0 Å². The van der Waals surface area contributed by atoms with E-state index in [0.29, 0.717) is 12.1 Å². The molecule has 0 radical (unpaired) electrons. The summed E-state index contributed by atoms with van der Waals surface area (Å²) in [5, 5.41) is 0. The molecule has 8 nitrogen and oxygen atoms in total. The monoisotopic (exact) mass is 410 g/mol. The average Bonchev–Trinajstić information content (AvgIpc) is 3.30. The molecule has 4 rings (SSSR count). The van der Waals surface area contributed by atoms with Crippen molar-refractivity contribution in [2.24, 2.45) is 0 Å². The van der Waals surface area contributed by atoms with Gasteiger partial charge < -0.3 is 14.2 Å². The summed E-state index contributed by atoms with van der Waals surface area (Å²) in [5.41, 5.74) is 3.20. The Kier molecular flexibility index (Phi) is 5.31. The van der Waals surface area contributed by atoms with Gasteiger partial charge in [-0.05, 0) is 42.7 Å². The third kappa shape index (κ3) is 3.68. The standard InChI is InChI=1S/C22H22N2O6/c1-14-10-16-11-17(23-12-19(20(25)28-2)30-21(23)26)8-9-18(16)24(14)22(27)29-13-15-6-4-3-5-7-15/h3-9,11,14,19H,10,12-13H2,1-2H3/t14-,19-/m1/s1. The first-order valence-electron chi connectivity index (χ1n) is 9.66. The van der Waals surface area contributed by atoms with Crippen LogP contribution in [0.25, 0.3) is 0 Å². The Bertz CT molecular complexity index is 977. The lowest BCUT2D eigenvalue weighted by Crippen LogP contribution is -2.36. The Balaban J connectivity index is 1.49. The third-order valence-corrected chi connectivity index (χ3v) is 5.27. The van der Waals surface area contributed by atoms with E-state index in [-0.39, 0.29) is 19.2 Å². The summed E-state index contributed by atoms with van der Waals surface area (Å²) >= 11 is 0. The fourth-order valence-electron chi connectivity index (χ4n) is 3.78. The average molecular weight is 410 g/mol. The Morgan fingerprint density at radius 1 is 1.17 bits per heavy atom. The van der Waals surface area contributed by atoms with Gasteiger partial charge in [-0.3, -0.25) is 9.80 Å². The minimum atomic E-state index is -0.945. The highest BCUT2D eigenvalue weighted by Crippen LogP contribution is 2.36. The first kappa shape index (κ1) is 19.8. The fourth-order valence-corrected chi connectivity index (χ4v) is 3.78. The van der Waals surface area contributed by atoms with Gasteiger partial charge in [0.1, 0.15) is 6.61 Å². The van der Waals surface area contributed by atoms with E-state index < -0.39 is 24.3 Å². The number of amides is 2. The number of hydrogen-bond donors (Lipinski definition) is 0. The maximum absolute atomic E-state index is 12.7. The molecule has 8 heteroatoms. The SMILES string of the molecule is COC(=O)[C@H]1CN(c2ccc3c(c2)C[C@@H](C)N3C(=O)OCc2ccccc2)C(=O)O1. The molecule has 0 spiro atoms. The number of cyclic esters (lactones) is 1. The normalized spacial score (nSPS) is 20.0. The molecule has 2 aromatic rings. The van der Waals surface area contributed by atoms with Crippen LogP contribution in [-0.4, -0.2) is 44.0 Å². The van der Waals surface area contributed by atoms with Crippen molar-refractivity contribution in [2.75, 3.05) is 23.5 Å². The van der Waals surface area contributed by atoms with Crippen molar-refractivity contribution in [3.05, 3.63) is 59.7 Å². The van der Waals surface area contributed by atoms with Crippen LogP contribution in [0, 0.1) is 0 Å². The fraction of sp³-hybridized carbons (Fsp3) is 0.318. The zero-order valence-electron chi connectivity index (χ0n) is 16.7. The minimum absolute atomic E-state index is 0.0770. The van der Waals surface area contributed by atoms with E-state index in [2.05, 4.69) is 4.74 Å². The van der Waals surface area contributed by atoms with Gasteiger partial charge in [-0.2, -0.15) is 0 Å². The van der Waals surface area contributed by atoms with Gasteiger partial charge in [0.05, 0.1) is 19.3 Å². The van der Waals surface area contributed by atoms with E-state index >= 15 is 0 Å². The number of anilines is 2. The second-order valence-corrected chi connectivity index (χ2v) is 7.28. The van der Waals surface area contributed by atoms with Gasteiger partial charge in [-0.1, -0.05) is 30.3 Å². The summed E-state index contributed by atoms with van der Waals surface area (Å²) < 4.78 is 15.2. The topological polar surface area (TPSA) is 85.4 Å². The summed E-state index contributed by atoms with van der Waals surface area (Å²) in [5.74, 6) is -0.590. The van der Waals surface area contributed by atoms with Crippen LogP contribution in [0.15, 0.2) is 48.5 Å². The molecular formula is C22H22N2O6. The van der Waals surface area contributed by atoms with Crippen LogP contribution in [-0.2, 0) is 32.0 Å². The number of benzene rings is 2. The molecule has 0 unspecified atom stereocenters. The maximum Gasteiger partial charge on any atom is 0.415 e. The molecule has 2 aliphatic heterocycles. The number of hydrogen-bond acceptors (Lipinski definition) is 6. The van der Waals surface area contributed by atoms with Crippen molar-refractivity contribution in [2.45, 2.75) is 32.1 Å². The summed E-state index contributed by atoms with van der Waals surface area (Å²) in [6.45, 7) is 2.23. The van der Waals surface area contributed by atoms with Crippen LogP contribution in [0.2, 0.25) is 0 Å². The quantitative estimate of drug-likeness (QED) is 0.568. The molecule has 0 N–H and O–H groups in total. The Morgan fingerprint density at radius 2 is 1.93 bits per heavy atom. The molecular weight excluding hydrogens is 388 g/mol. The Labute approximate surface area is 173 Å². The van der Waals surface area contributed by atoms with Crippen molar-refractivity contribution < 1.29 is 28.6 Å². The van der Waals surface area contributed by atoms with E-state index in [4.69, 9.17) is 9.47 Å². The van der Waals surface area contributed by atoms with Gasteiger partial charge in [-0.15, -0.1) is 0 Å². The van der Waals surface area contributed by atoms with Gasteiger partial charge in [0.2, 0.25) is 6.10 Å². The van der Waals surface area contributed by atoms with Crippen molar-refractivity contribution in [1.82, 2.24) is 0 Å². The van der Waals surface area contributed by atoms with E-state index in [0.717, 1.165) is 16.8 Å². The highest BCUT2D eigenvalue weighted by atomic mass is 16.6. The molecule has 2 heterocycles. The van der Waals surface area contributed by atoms with E-state index in [9.17, 15) is 14.4 Å². The van der Waals surface area contributed by atoms with Crippen LogP contribution < -0.4 is 9.80 Å². The number of esters is 1. The maximum atomic E-state index is 12.7. The van der Waals surface area contributed by atoms with Crippen LogP contribution in [0.3, 0.4) is 0 Å². The zero-order chi connectivity index (χ0) is 21.3. The van der Waals surface area contributed by atoms with E-state index in [1.54, 1.807) is 17.0 Å². The lowest BCUT2D eigenvalue weighted by Gasteiger charge is -2.22. The Hall–Kier alpha value is -3.55. The molecule has 2 aromatic carbocycles. The summed E-state index contributed by atoms with van der Waals surface area (Å²) in [7, 11) is 1.25. The third-order valence-electron chi connectivity index (χ3n) is 5.27. The lowest BCUT2D eigenvalue weighted by molar-refractivity contribution is -0.148. The predicted octanol–water partition coefficient (Wildman–Crippen LogP) is 3.27. The number of methoxy groups -OCH3 is 1. The summed E-state index contributed by atoms with van der Waals surface area (Å²) in [6.07, 6.45) is -1.33. The smallest absolute Gasteiger partial charge is 0.415 e. The molecule has 0 saturated carbocycles. The van der Waals surface area contributed by atoms with Gasteiger partial charge in [-0.25, -0.2) is 14.4 Å². The molecule has 1 fully saturated rings. The molecule has 2 amide bonds. The van der Waals surface area contributed by atoms with Crippen molar-refractivity contribution in [3.63, 3.8) is 0 Å². The van der Waals surface area contributed by atoms with E-state index in [1.807, 2.05) is 43.3 Å². The van der Waals surface area contributed by atoms with Crippen LogP contribution in [0.1, 0.15) is 18.1 Å². The summed E-state index contributed by atoms with van der Waals surface area (Å²) in [6, 6.07) is 14.8. The van der Waals surface area contributed by atoms with Crippen molar-refractivity contribution in [3.8, 4) is 0 Å². The van der Waals surface area contributed by atoms with Gasteiger partial charge >= 0.3 is 18.2 Å². The number of carbonyl (C=O) groups is 3. The molecule has 30 heavy (non-hydrogen) atoms. The van der Waals surface area contributed by atoms with Gasteiger partial charge in [0, 0.05) is 11.7 Å². The molecule has 0 bridgehead atoms. The molecule has 0 aliphatic carbocycles. The number of rotatable bonds is 4. The largest absolute Gasteiger partial charge is 0.466 e. The second-order valence-electron chi connectivity index (χ2n) is 7.28.